The minimum atomic E-state index is -0.141. The van der Waals surface area contributed by atoms with E-state index >= 15 is 0 Å². The second-order valence-corrected chi connectivity index (χ2v) is 12.2. The van der Waals surface area contributed by atoms with E-state index in [-0.39, 0.29) is 23.8 Å². The van der Waals surface area contributed by atoms with Gasteiger partial charge in [0, 0.05) is 49.1 Å². The summed E-state index contributed by atoms with van der Waals surface area (Å²) in [4.78, 5) is 30.4. The van der Waals surface area contributed by atoms with Crippen molar-refractivity contribution in [2.75, 3.05) is 32.5 Å². The van der Waals surface area contributed by atoms with Crippen LogP contribution in [0.4, 0.5) is 0 Å². The van der Waals surface area contributed by atoms with Crippen molar-refractivity contribution in [2.45, 2.75) is 56.6 Å². The van der Waals surface area contributed by atoms with Gasteiger partial charge in [0.25, 0.3) is 0 Å². The van der Waals surface area contributed by atoms with Gasteiger partial charge in [-0.15, -0.1) is 10.2 Å². The fourth-order valence-electron chi connectivity index (χ4n) is 5.75. The number of rotatable bonds is 12. The van der Waals surface area contributed by atoms with Gasteiger partial charge >= 0.3 is 0 Å². The van der Waals surface area contributed by atoms with Gasteiger partial charge in [-0.1, -0.05) is 79.3 Å². The van der Waals surface area contributed by atoms with Crippen molar-refractivity contribution < 1.29 is 14.3 Å². The van der Waals surface area contributed by atoms with E-state index in [9.17, 15) is 9.59 Å². The Kier molecular flexibility index (Phi) is 10.7. The molecule has 2 amide bonds. The minimum absolute atomic E-state index is 0.00311. The van der Waals surface area contributed by atoms with E-state index in [0.29, 0.717) is 26.1 Å². The number of nitrogens with zero attached hydrogens (tertiary/aromatic N) is 5. The van der Waals surface area contributed by atoms with Crippen molar-refractivity contribution >= 4 is 23.6 Å². The van der Waals surface area contributed by atoms with Crippen LogP contribution in [0.1, 0.15) is 51.0 Å². The molecular formula is C35H41N5O3S. The van der Waals surface area contributed by atoms with Crippen LogP contribution in [0, 0.1) is 0 Å². The van der Waals surface area contributed by atoms with Gasteiger partial charge in [0.05, 0.1) is 13.0 Å². The van der Waals surface area contributed by atoms with Gasteiger partial charge in [0.2, 0.25) is 11.8 Å². The Balaban J connectivity index is 1.13. The zero-order chi connectivity index (χ0) is 30.9. The molecule has 2 heterocycles. The fourth-order valence-corrected chi connectivity index (χ4v) is 6.70. The van der Waals surface area contributed by atoms with E-state index in [0.717, 1.165) is 58.6 Å². The van der Waals surface area contributed by atoms with E-state index < -0.39 is 0 Å². The van der Waals surface area contributed by atoms with Crippen LogP contribution >= 0.6 is 11.8 Å². The highest BCUT2D eigenvalue weighted by molar-refractivity contribution is 7.99. The molecule has 2 atom stereocenters. The van der Waals surface area contributed by atoms with E-state index in [1.807, 2.05) is 102 Å². The van der Waals surface area contributed by atoms with E-state index in [1.165, 1.54) is 0 Å². The summed E-state index contributed by atoms with van der Waals surface area (Å²) in [6.45, 7) is 5.85. The first-order valence-electron chi connectivity index (χ1n) is 15.4. The van der Waals surface area contributed by atoms with Crippen LogP contribution in [0.3, 0.4) is 0 Å². The molecule has 9 heteroatoms. The third kappa shape index (κ3) is 7.33. The number of benzene rings is 3. The Bertz CT molecular complexity index is 1510. The topological polar surface area (TPSA) is 80.6 Å². The third-order valence-electron chi connectivity index (χ3n) is 8.18. The zero-order valence-electron chi connectivity index (χ0n) is 25.8. The second kappa shape index (κ2) is 15.1. The molecule has 0 saturated carbocycles. The molecule has 2 unspecified atom stereocenters. The number of ether oxygens (including phenoxy) is 1. The van der Waals surface area contributed by atoms with Crippen molar-refractivity contribution in [3.05, 3.63) is 90.5 Å². The summed E-state index contributed by atoms with van der Waals surface area (Å²) in [6.07, 6.45) is 2.95. The quantitative estimate of drug-likeness (QED) is 0.135. The lowest BCUT2D eigenvalue weighted by molar-refractivity contribution is -0.143. The molecule has 1 saturated heterocycles. The molecule has 8 nitrogen and oxygen atoms in total. The van der Waals surface area contributed by atoms with Crippen LogP contribution in [0.25, 0.3) is 17.1 Å². The number of unbranched alkanes of at least 4 members (excludes halogenated alkanes) is 1. The molecule has 0 aliphatic carbocycles. The molecule has 1 aromatic heterocycles. The van der Waals surface area contributed by atoms with E-state index in [1.54, 1.807) is 18.9 Å². The van der Waals surface area contributed by atoms with E-state index in [2.05, 4.69) is 21.7 Å². The number of thioether (sulfide) groups is 1. The summed E-state index contributed by atoms with van der Waals surface area (Å²) in [6, 6.07) is 27.9. The number of methoxy groups -OCH3 is 1. The smallest absolute Gasteiger partial charge is 0.230 e. The van der Waals surface area contributed by atoms with Crippen molar-refractivity contribution in [3.8, 4) is 22.8 Å². The first-order chi connectivity index (χ1) is 21.5. The minimum Gasteiger partial charge on any atom is -0.497 e. The fraction of sp³-hybridized carbons (Fsp3) is 0.371. The van der Waals surface area contributed by atoms with Crippen LogP contribution in [-0.2, 0) is 9.59 Å². The predicted octanol–water partition coefficient (Wildman–Crippen LogP) is 6.46. The summed E-state index contributed by atoms with van der Waals surface area (Å²) >= 11 is 1.65. The van der Waals surface area contributed by atoms with Gasteiger partial charge in [-0.2, -0.15) is 0 Å². The van der Waals surface area contributed by atoms with Gasteiger partial charge in [0.15, 0.2) is 11.0 Å². The first kappa shape index (κ1) is 31.3. The summed E-state index contributed by atoms with van der Waals surface area (Å²) in [5.41, 5.74) is 3.02. The lowest BCUT2D eigenvalue weighted by Gasteiger charge is -2.41. The van der Waals surface area contributed by atoms with Crippen LogP contribution < -0.4 is 4.74 Å². The summed E-state index contributed by atoms with van der Waals surface area (Å²) in [7, 11) is 1.66. The monoisotopic (exact) mass is 611 g/mol. The molecule has 3 aromatic carbocycles. The average Bonchev–Trinajstić information content (AvgIpc) is 3.49. The predicted molar refractivity (Wildman–Crippen MR) is 175 cm³/mol. The Labute approximate surface area is 264 Å². The number of amides is 2. The molecule has 230 valence electrons. The molecule has 4 aromatic rings. The highest BCUT2D eigenvalue weighted by Gasteiger charge is 2.33. The van der Waals surface area contributed by atoms with Crippen LogP contribution in [0.15, 0.2) is 90.1 Å². The van der Waals surface area contributed by atoms with Crippen LogP contribution in [0.5, 0.6) is 5.75 Å². The normalized spacial score (nSPS) is 15.7. The second-order valence-electron chi connectivity index (χ2n) is 11.1. The highest BCUT2D eigenvalue weighted by atomic mass is 32.2. The summed E-state index contributed by atoms with van der Waals surface area (Å²) in [5.74, 6) is 2.59. The van der Waals surface area contributed by atoms with Gasteiger partial charge in [-0.3, -0.25) is 14.2 Å². The molecule has 1 aliphatic rings. The average molecular weight is 612 g/mol. The van der Waals surface area contributed by atoms with Gasteiger partial charge < -0.3 is 14.5 Å². The largest absolute Gasteiger partial charge is 0.497 e. The standard InChI is InChI=1S/C35H41N5O3S/c1-4-31(27-13-7-5-8-14-27)34(42)39-23-22-38(25-26(39)2)32(41)17-11-12-24-44-35-37-36-33(28-15-9-6-10-16-28)40(35)29-18-20-30(43-3)21-19-29/h5-10,13-16,18-21,26,31H,4,11-12,17,22-25H2,1-3H3. The Hall–Kier alpha value is -4.11. The number of carbonyl (C=O) groups is 2. The number of piperazine rings is 1. The number of hydrogen-bond donors (Lipinski definition) is 0. The molecule has 0 radical (unpaired) electrons. The molecule has 0 bridgehead atoms. The Morgan fingerprint density at radius 1 is 0.932 bits per heavy atom. The molecule has 5 rings (SSSR count). The van der Waals surface area contributed by atoms with Crippen LogP contribution in [0.2, 0.25) is 0 Å². The summed E-state index contributed by atoms with van der Waals surface area (Å²) in [5, 5.41) is 9.86. The molecule has 1 fully saturated rings. The van der Waals surface area contributed by atoms with Crippen molar-refractivity contribution in [2.24, 2.45) is 0 Å². The lowest BCUT2D eigenvalue weighted by atomic mass is 9.94. The maximum atomic E-state index is 13.4. The lowest BCUT2D eigenvalue weighted by Crippen LogP contribution is -2.56. The number of hydrogen-bond acceptors (Lipinski definition) is 6. The van der Waals surface area contributed by atoms with Crippen LogP contribution in [-0.4, -0.2) is 74.9 Å². The molecule has 0 spiro atoms. The maximum absolute atomic E-state index is 13.4. The van der Waals surface area contributed by atoms with Crippen molar-refractivity contribution in [3.63, 3.8) is 0 Å². The number of aromatic nitrogens is 3. The molecule has 44 heavy (non-hydrogen) atoms. The Morgan fingerprint density at radius 3 is 2.30 bits per heavy atom. The van der Waals surface area contributed by atoms with Gasteiger partial charge in [0.1, 0.15) is 5.75 Å². The molecular weight excluding hydrogens is 570 g/mol. The third-order valence-corrected chi connectivity index (χ3v) is 9.20. The summed E-state index contributed by atoms with van der Waals surface area (Å²) < 4.78 is 7.42. The SMILES string of the molecule is CCC(C(=O)N1CCN(C(=O)CCCCSc2nnc(-c3ccccc3)n2-c2ccc(OC)cc2)CC1C)c1ccccc1. The maximum Gasteiger partial charge on any atom is 0.230 e. The number of carbonyl (C=O) groups excluding carboxylic acids is 2. The first-order valence-corrected chi connectivity index (χ1v) is 16.4. The van der Waals surface area contributed by atoms with Gasteiger partial charge in [-0.05, 0) is 56.0 Å². The Morgan fingerprint density at radius 2 is 1.64 bits per heavy atom. The van der Waals surface area contributed by atoms with Crippen molar-refractivity contribution in [1.29, 1.82) is 0 Å². The molecule has 0 N–H and O–H groups in total. The highest BCUT2D eigenvalue weighted by Crippen LogP contribution is 2.30. The van der Waals surface area contributed by atoms with Gasteiger partial charge in [-0.25, -0.2) is 0 Å². The van der Waals surface area contributed by atoms with E-state index in [4.69, 9.17) is 4.74 Å². The zero-order valence-corrected chi connectivity index (χ0v) is 26.6. The van der Waals surface area contributed by atoms with Crippen molar-refractivity contribution in [1.82, 2.24) is 24.6 Å². The molecule has 1 aliphatic heterocycles.